The molecule has 2 rings (SSSR count). The zero-order valence-corrected chi connectivity index (χ0v) is 16.7. The van der Waals surface area contributed by atoms with Crippen LogP contribution in [-0.2, 0) is 9.53 Å². The molecule has 1 N–H and O–H groups in total. The molecule has 1 aromatic rings. The summed E-state index contributed by atoms with van der Waals surface area (Å²) in [7, 11) is 1.38. The van der Waals surface area contributed by atoms with E-state index in [9.17, 15) is 19.5 Å². The minimum Gasteiger partial charge on any atom is -0.507 e. The van der Waals surface area contributed by atoms with Gasteiger partial charge in [-0.2, -0.15) is 0 Å². The number of rotatable bonds is 6. The lowest BCUT2D eigenvalue weighted by atomic mass is 9.85. The fourth-order valence-corrected chi connectivity index (χ4v) is 2.87. The molecule has 6 nitrogen and oxygen atoms in total. The van der Waals surface area contributed by atoms with Crippen LogP contribution in [0.1, 0.15) is 54.8 Å². The molecule has 1 aliphatic carbocycles. The van der Waals surface area contributed by atoms with Gasteiger partial charge in [-0.3, -0.25) is 9.59 Å². The van der Waals surface area contributed by atoms with E-state index in [0.717, 1.165) is 17.2 Å². The number of fused-ring (bicyclic) bond motifs is 1. The van der Waals surface area contributed by atoms with E-state index in [4.69, 9.17) is 9.47 Å². The SMILES string of the molecule is COc1ccc(O)c2c1C(=O)C=C(C(CC=C(C)C)OC(=O)C=C(C)C)C2=O. The molecule has 28 heavy (non-hydrogen) atoms. The predicted molar refractivity (Wildman–Crippen MR) is 105 cm³/mol. The number of phenols is 1. The first-order chi connectivity index (χ1) is 13.1. The molecular weight excluding hydrogens is 360 g/mol. The Morgan fingerprint density at radius 1 is 1.11 bits per heavy atom. The summed E-state index contributed by atoms with van der Waals surface area (Å²) < 4.78 is 10.6. The highest BCUT2D eigenvalue weighted by Crippen LogP contribution is 2.36. The molecule has 0 bridgehead atoms. The monoisotopic (exact) mass is 384 g/mol. The molecular formula is C22H24O6. The number of carbonyl (C=O) groups is 3. The van der Waals surface area contributed by atoms with Gasteiger partial charge in [-0.05, 0) is 45.9 Å². The number of allylic oxidation sites excluding steroid dienone is 3. The second kappa shape index (κ2) is 8.69. The van der Waals surface area contributed by atoms with Crippen molar-refractivity contribution in [3.63, 3.8) is 0 Å². The number of methoxy groups -OCH3 is 1. The van der Waals surface area contributed by atoms with Gasteiger partial charge in [0, 0.05) is 18.1 Å². The van der Waals surface area contributed by atoms with Crippen LogP contribution in [0.25, 0.3) is 0 Å². The molecule has 0 saturated carbocycles. The van der Waals surface area contributed by atoms with E-state index in [2.05, 4.69) is 0 Å². The van der Waals surface area contributed by atoms with Crippen LogP contribution >= 0.6 is 0 Å². The summed E-state index contributed by atoms with van der Waals surface area (Å²) in [5.41, 5.74) is 1.62. The van der Waals surface area contributed by atoms with Crippen molar-refractivity contribution in [2.45, 2.75) is 40.2 Å². The molecule has 1 aliphatic rings. The Morgan fingerprint density at radius 3 is 2.36 bits per heavy atom. The van der Waals surface area contributed by atoms with Gasteiger partial charge < -0.3 is 14.6 Å². The molecule has 6 heteroatoms. The van der Waals surface area contributed by atoms with Gasteiger partial charge in [-0.25, -0.2) is 4.79 Å². The summed E-state index contributed by atoms with van der Waals surface area (Å²) in [5.74, 6) is -1.78. The topological polar surface area (TPSA) is 89.9 Å². The van der Waals surface area contributed by atoms with Crippen LogP contribution in [-0.4, -0.2) is 35.9 Å². The van der Waals surface area contributed by atoms with E-state index in [1.165, 1.54) is 25.3 Å². The molecule has 0 aliphatic heterocycles. The van der Waals surface area contributed by atoms with Crippen LogP contribution in [0.4, 0.5) is 0 Å². The molecule has 0 aromatic heterocycles. The van der Waals surface area contributed by atoms with Gasteiger partial charge in [-0.15, -0.1) is 0 Å². The summed E-state index contributed by atoms with van der Waals surface area (Å²) in [6, 6.07) is 2.72. The third-order valence-corrected chi connectivity index (χ3v) is 4.14. The van der Waals surface area contributed by atoms with E-state index in [0.29, 0.717) is 0 Å². The summed E-state index contributed by atoms with van der Waals surface area (Å²) in [5, 5.41) is 10.2. The Labute approximate surface area is 164 Å². The van der Waals surface area contributed by atoms with E-state index in [1.807, 2.05) is 19.9 Å². The maximum Gasteiger partial charge on any atom is 0.331 e. The lowest BCUT2D eigenvalue weighted by Crippen LogP contribution is -2.29. The van der Waals surface area contributed by atoms with Gasteiger partial charge in [0.1, 0.15) is 17.6 Å². The standard InChI is InChI=1S/C22H24O6/c1-12(2)6-8-17(28-19(25)10-13(3)4)14-11-16(24)20-18(27-5)9-7-15(23)21(20)22(14)26/h6-7,9-11,17,23H,8H2,1-5H3. The number of hydrogen-bond acceptors (Lipinski definition) is 6. The van der Waals surface area contributed by atoms with Crippen molar-refractivity contribution >= 4 is 17.5 Å². The minimum atomic E-state index is -0.951. The number of ether oxygens (including phenoxy) is 2. The number of aromatic hydroxyl groups is 1. The van der Waals surface area contributed by atoms with Crippen LogP contribution in [0.15, 0.2) is 47.1 Å². The third kappa shape index (κ3) is 4.57. The highest BCUT2D eigenvalue weighted by molar-refractivity contribution is 6.27. The summed E-state index contributed by atoms with van der Waals surface area (Å²) in [6.07, 6.45) is 3.58. The summed E-state index contributed by atoms with van der Waals surface area (Å²) in [4.78, 5) is 37.9. The van der Waals surface area contributed by atoms with Crippen molar-refractivity contribution in [3.05, 3.63) is 58.2 Å². The summed E-state index contributed by atoms with van der Waals surface area (Å²) in [6.45, 7) is 7.26. The number of phenolic OH excluding ortho intramolecular Hbond substituents is 1. The van der Waals surface area contributed by atoms with Crippen molar-refractivity contribution < 1.29 is 29.0 Å². The Kier molecular flexibility index (Phi) is 6.57. The van der Waals surface area contributed by atoms with Gasteiger partial charge in [0.05, 0.1) is 18.2 Å². The third-order valence-electron chi connectivity index (χ3n) is 4.14. The second-order valence-corrected chi connectivity index (χ2v) is 6.99. The highest BCUT2D eigenvalue weighted by atomic mass is 16.5. The lowest BCUT2D eigenvalue weighted by Gasteiger charge is -2.23. The fraction of sp³-hybridized carbons (Fsp3) is 0.318. The van der Waals surface area contributed by atoms with Crippen LogP contribution in [0.5, 0.6) is 11.5 Å². The van der Waals surface area contributed by atoms with Crippen LogP contribution in [0.2, 0.25) is 0 Å². The number of ketones is 2. The normalized spacial score (nSPS) is 13.8. The number of carbonyl (C=O) groups excluding carboxylic acids is 3. The number of benzene rings is 1. The predicted octanol–water partition coefficient (Wildman–Crippen LogP) is 3.94. The Morgan fingerprint density at radius 2 is 1.79 bits per heavy atom. The number of Topliss-reactive ketones (excluding diaryl/α,β-unsaturated/α-hetero) is 1. The van der Waals surface area contributed by atoms with E-state index < -0.39 is 23.6 Å². The van der Waals surface area contributed by atoms with Crippen molar-refractivity contribution in [2.24, 2.45) is 0 Å². The summed E-state index contributed by atoms with van der Waals surface area (Å²) >= 11 is 0. The van der Waals surface area contributed by atoms with Gasteiger partial charge in [0.15, 0.2) is 11.6 Å². The zero-order chi connectivity index (χ0) is 21.0. The first-order valence-electron chi connectivity index (χ1n) is 8.85. The van der Waals surface area contributed by atoms with Crippen LogP contribution < -0.4 is 4.74 Å². The molecule has 0 amide bonds. The van der Waals surface area contributed by atoms with E-state index >= 15 is 0 Å². The van der Waals surface area contributed by atoms with Crippen LogP contribution in [0, 0.1) is 0 Å². The van der Waals surface area contributed by atoms with Gasteiger partial charge in [0.25, 0.3) is 0 Å². The Bertz CT molecular complexity index is 909. The number of esters is 1. The lowest BCUT2D eigenvalue weighted by molar-refractivity contribution is -0.141. The van der Waals surface area contributed by atoms with E-state index in [1.54, 1.807) is 13.8 Å². The highest BCUT2D eigenvalue weighted by Gasteiger charge is 2.35. The average Bonchev–Trinajstić information content (AvgIpc) is 2.60. The quantitative estimate of drug-likeness (QED) is 0.454. The van der Waals surface area contributed by atoms with Crippen molar-refractivity contribution in [1.82, 2.24) is 0 Å². The first kappa shape index (κ1) is 21.2. The molecule has 0 heterocycles. The Balaban J connectivity index is 2.51. The van der Waals surface area contributed by atoms with Crippen molar-refractivity contribution in [3.8, 4) is 11.5 Å². The number of hydrogen-bond donors (Lipinski definition) is 1. The maximum atomic E-state index is 13.1. The van der Waals surface area contributed by atoms with Crippen molar-refractivity contribution in [1.29, 1.82) is 0 Å². The zero-order valence-electron chi connectivity index (χ0n) is 16.7. The smallest absolute Gasteiger partial charge is 0.331 e. The van der Waals surface area contributed by atoms with Gasteiger partial charge in [-0.1, -0.05) is 17.2 Å². The molecule has 148 valence electrons. The molecule has 0 saturated heterocycles. The molecule has 1 unspecified atom stereocenters. The maximum absolute atomic E-state index is 13.1. The molecule has 0 radical (unpaired) electrons. The molecule has 1 aromatic carbocycles. The molecule has 0 spiro atoms. The molecule has 1 atom stereocenters. The van der Waals surface area contributed by atoms with Crippen LogP contribution in [0.3, 0.4) is 0 Å². The average molecular weight is 384 g/mol. The minimum absolute atomic E-state index is 0.00726. The van der Waals surface area contributed by atoms with Gasteiger partial charge in [0.2, 0.25) is 0 Å². The van der Waals surface area contributed by atoms with Gasteiger partial charge >= 0.3 is 5.97 Å². The Hall–Kier alpha value is -3.15. The molecule has 0 fully saturated rings. The van der Waals surface area contributed by atoms with Crippen molar-refractivity contribution in [2.75, 3.05) is 7.11 Å². The fourth-order valence-electron chi connectivity index (χ4n) is 2.87. The first-order valence-corrected chi connectivity index (χ1v) is 8.85. The van der Waals surface area contributed by atoms with E-state index in [-0.39, 0.29) is 34.6 Å². The second-order valence-electron chi connectivity index (χ2n) is 6.99. The largest absolute Gasteiger partial charge is 0.507 e.